The fourth-order valence-corrected chi connectivity index (χ4v) is 0.326. The average molecular weight is 112 g/mol. The van der Waals surface area contributed by atoms with E-state index >= 15 is 0 Å². The van der Waals surface area contributed by atoms with Crippen LogP contribution in [-0.4, -0.2) is 12.8 Å². The van der Waals surface area contributed by atoms with Gasteiger partial charge in [0, 0.05) is 14.2 Å². The summed E-state index contributed by atoms with van der Waals surface area (Å²) in [6, 6.07) is 0. The van der Waals surface area contributed by atoms with Gasteiger partial charge in [-0.25, -0.2) is 0 Å². The van der Waals surface area contributed by atoms with Gasteiger partial charge >= 0.3 is 0 Å². The van der Waals surface area contributed by atoms with Gasteiger partial charge in [0.15, 0.2) is 0 Å². The molecule has 0 saturated heterocycles. The maximum atomic E-state index is 6.74. The highest BCUT2D eigenvalue weighted by Crippen LogP contribution is 1.83. The standard InChI is InChI=1S/C6H10N2.H2/c1-2-3-6(4-7)5-8;/h2-4,7H,1,5,8H2;1H/b6-3+,7-4?;. The predicted molar refractivity (Wildman–Crippen MR) is 38.2 cm³/mol. The van der Waals surface area contributed by atoms with Crippen molar-refractivity contribution in [1.29, 1.82) is 5.41 Å². The van der Waals surface area contributed by atoms with Crippen LogP contribution in [0.3, 0.4) is 0 Å². The van der Waals surface area contributed by atoms with Gasteiger partial charge in [-0.1, -0.05) is 18.7 Å². The Morgan fingerprint density at radius 3 is 2.62 bits per heavy atom. The third-order valence-electron chi connectivity index (χ3n) is 0.753. The van der Waals surface area contributed by atoms with E-state index in [1.807, 2.05) is 0 Å². The molecule has 0 aromatic carbocycles. The zero-order chi connectivity index (χ0) is 6.41. The quantitative estimate of drug-likeness (QED) is 0.414. The maximum absolute atomic E-state index is 6.74. The lowest BCUT2D eigenvalue weighted by atomic mass is 10.3. The number of nitrogens with two attached hydrogens (primary N) is 1. The van der Waals surface area contributed by atoms with Crippen LogP contribution in [0.15, 0.2) is 24.3 Å². The van der Waals surface area contributed by atoms with Gasteiger partial charge in [-0.05, 0) is 5.57 Å². The van der Waals surface area contributed by atoms with Gasteiger partial charge in [0.05, 0.1) is 0 Å². The molecule has 0 spiro atoms. The Morgan fingerprint density at radius 2 is 2.50 bits per heavy atom. The highest BCUT2D eigenvalue weighted by atomic mass is 14.5. The monoisotopic (exact) mass is 112 g/mol. The predicted octanol–water partition coefficient (Wildman–Crippen LogP) is 0.953. The van der Waals surface area contributed by atoms with Crippen LogP contribution >= 0.6 is 0 Å². The summed E-state index contributed by atoms with van der Waals surface area (Å²) in [4.78, 5) is 0. The van der Waals surface area contributed by atoms with Crippen LogP contribution in [0.5, 0.6) is 0 Å². The summed E-state index contributed by atoms with van der Waals surface area (Å²) < 4.78 is 0. The molecule has 0 aromatic rings. The van der Waals surface area contributed by atoms with Gasteiger partial charge in [-0.3, -0.25) is 0 Å². The second-order valence-corrected chi connectivity index (χ2v) is 1.33. The van der Waals surface area contributed by atoms with E-state index in [0.717, 1.165) is 5.57 Å². The first-order valence-corrected chi connectivity index (χ1v) is 2.37. The lowest BCUT2D eigenvalue weighted by molar-refractivity contribution is 1.21. The lowest BCUT2D eigenvalue weighted by Gasteiger charge is -1.88. The molecule has 0 atom stereocenters. The Labute approximate surface area is 50.7 Å². The van der Waals surface area contributed by atoms with Gasteiger partial charge in [0.2, 0.25) is 0 Å². The second-order valence-electron chi connectivity index (χ2n) is 1.33. The summed E-state index contributed by atoms with van der Waals surface area (Å²) in [7, 11) is 0. The normalized spacial score (nSPS) is 10.9. The molecule has 8 heavy (non-hydrogen) atoms. The minimum absolute atomic E-state index is 0. The highest BCUT2D eigenvalue weighted by Gasteiger charge is 1.80. The smallest absolute Gasteiger partial charge is 0.0222 e. The Kier molecular flexibility index (Phi) is 3.80. The molecular weight excluding hydrogens is 100 g/mol. The molecule has 2 nitrogen and oxygen atoms in total. The molecule has 0 aliphatic heterocycles. The number of allylic oxidation sites excluding steroid dienone is 2. The van der Waals surface area contributed by atoms with Gasteiger partial charge in [0.1, 0.15) is 0 Å². The van der Waals surface area contributed by atoms with Crippen LogP contribution in [0.2, 0.25) is 0 Å². The Bertz CT molecular complexity index is 118. The zero-order valence-corrected chi connectivity index (χ0v) is 4.72. The van der Waals surface area contributed by atoms with Gasteiger partial charge in [0.25, 0.3) is 0 Å². The second kappa shape index (κ2) is 4.27. The van der Waals surface area contributed by atoms with Gasteiger partial charge in [-0.15, -0.1) is 0 Å². The molecule has 0 heterocycles. The van der Waals surface area contributed by atoms with Crippen molar-refractivity contribution in [1.82, 2.24) is 0 Å². The molecule has 2 heteroatoms. The molecule has 0 unspecified atom stereocenters. The molecule has 0 aliphatic rings. The molecule has 46 valence electrons. The molecule has 3 N–H and O–H groups in total. The van der Waals surface area contributed by atoms with Crippen molar-refractivity contribution in [3.8, 4) is 0 Å². The molecule has 0 aromatic heterocycles. The minimum Gasteiger partial charge on any atom is -0.326 e. The first-order valence-electron chi connectivity index (χ1n) is 2.37. The van der Waals surface area contributed by atoms with Crippen LogP contribution in [-0.2, 0) is 0 Å². The Morgan fingerprint density at radius 1 is 1.88 bits per heavy atom. The minimum atomic E-state index is 0. The van der Waals surface area contributed by atoms with Crippen molar-refractivity contribution >= 4 is 6.21 Å². The molecule has 0 aliphatic carbocycles. The maximum Gasteiger partial charge on any atom is 0.0222 e. The Balaban J connectivity index is 0. The van der Waals surface area contributed by atoms with E-state index in [-0.39, 0.29) is 1.43 Å². The van der Waals surface area contributed by atoms with Crippen LogP contribution in [0, 0.1) is 5.41 Å². The van der Waals surface area contributed by atoms with Crippen molar-refractivity contribution in [3.63, 3.8) is 0 Å². The largest absolute Gasteiger partial charge is 0.326 e. The van der Waals surface area contributed by atoms with Crippen LogP contribution in [0.1, 0.15) is 1.43 Å². The summed E-state index contributed by atoms with van der Waals surface area (Å²) in [5.74, 6) is 0. The highest BCUT2D eigenvalue weighted by molar-refractivity contribution is 5.76. The van der Waals surface area contributed by atoms with Crippen molar-refractivity contribution in [2.75, 3.05) is 6.54 Å². The number of rotatable bonds is 3. The van der Waals surface area contributed by atoms with E-state index < -0.39 is 0 Å². The zero-order valence-electron chi connectivity index (χ0n) is 4.72. The van der Waals surface area contributed by atoms with Crippen LogP contribution < -0.4 is 5.73 Å². The molecule has 0 radical (unpaired) electrons. The third-order valence-corrected chi connectivity index (χ3v) is 0.753. The van der Waals surface area contributed by atoms with Crippen LogP contribution in [0.4, 0.5) is 0 Å². The first-order chi connectivity index (χ1) is 3.85. The molecular formula is C6H12N2. The molecule has 0 fully saturated rings. The molecule has 0 bridgehead atoms. The molecule has 0 saturated carbocycles. The summed E-state index contributed by atoms with van der Waals surface area (Å²) in [5, 5.41) is 6.74. The fourth-order valence-electron chi connectivity index (χ4n) is 0.326. The first kappa shape index (κ1) is 7.11. The van der Waals surface area contributed by atoms with Crippen molar-refractivity contribution < 1.29 is 1.43 Å². The fraction of sp³-hybridized carbons (Fsp3) is 0.167. The van der Waals surface area contributed by atoms with E-state index in [1.165, 1.54) is 6.21 Å². The van der Waals surface area contributed by atoms with Crippen molar-refractivity contribution in [2.24, 2.45) is 5.73 Å². The van der Waals surface area contributed by atoms with E-state index in [9.17, 15) is 0 Å². The lowest BCUT2D eigenvalue weighted by Crippen LogP contribution is -2.02. The number of hydrogen-bond acceptors (Lipinski definition) is 2. The summed E-state index contributed by atoms with van der Waals surface area (Å²) >= 11 is 0. The van der Waals surface area contributed by atoms with E-state index in [0.29, 0.717) is 6.54 Å². The average Bonchev–Trinajstić information content (AvgIpc) is 1.83. The van der Waals surface area contributed by atoms with Crippen molar-refractivity contribution in [2.45, 2.75) is 0 Å². The summed E-state index contributed by atoms with van der Waals surface area (Å²) in [5.41, 5.74) is 5.99. The Hall–Kier alpha value is -0.890. The van der Waals surface area contributed by atoms with E-state index in [1.54, 1.807) is 12.2 Å². The SMILES string of the molecule is C=C/C=C(\C=N)CN.[HH]. The summed E-state index contributed by atoms with van der Waals surface area (Å²) in [6.45, 7) is 3.87. The van der Waals surface area contributed by atoms with Crippen molar-refractivity contribution in [3.05, 3.63) is 24.3 Å². The summed E-state index contributed by atoms with van der Waals surface area (Å²) in [6.07, 6.45) is 4.56. The van der Waals surface area contributed by atoms with Gasteiger partial charge < -0.3 is 11.1 Å². The van der Waals surface area contributed by atoms with E-state index in [4.69, 9.17) is 11.1 Å². The topological polar surface area (TPSA) is 49.9 Å². The molecule has 0 rings (SSSR count). The number of nitrogens with one attached hydrogen (secondary N) is 1. The number of hydrogen-bond donors (Lipinski definition) is 2. The van der Waals surface area contributed by atoms with E-state index in [2.05, 4.69) is 6.58 Å². The molecule has 0 amide bonds. The third kappa shape index (κ3) is 2.31. The van der Waals surface area contributed by atoms with Gasteiger partial charge in [-0.2, -0.15) is 0 Å². The van der Waals surface area contributed by atoms with Crippen LogP contribution in [0.25, 0.3) is 0 Å².